The molecule has 2 rings (SSSR count). The van der Waals surface area contributed by atoms with Gasteiger partial charge in [0.25, 0.3) is 6.02 Å². The van der Waals surface area contributed by atoms with Crippen LogP contribution in [0.1, 0.15) is 11.6 Å². The quantitative estimate of drug-likeness (QED) is 0.741. The first kappa shape index (κ1) is 8.80. The van der Waals surface area contributed by atoms with Gasteiger partial charge in [-0.2, -0.15) is 0 Å². The topological polar surface area (TPSA) is 69.7 Å². The Kier molecular flexibility index (Phi) is 2.22. The largest absolute Gasteiger partial charge is 0.481 e. The van der Waals surface area contributed by atoms with Crippen LogP contribution in [0.5, 0.6) is 5.88 Å². The molecule has 5 nitrogen and oxygen atoms in total. The van der Waals surface area contributed by atoms with Crippen molar-refractivity contribution in [3.8, 4) is 5.88 Å². The summed E-state index contributed by atoms with van der Waals surface area (Å²) in [6, 6.07) is 3.90. The maximum atomic E-state index is 5.40. The van der Waals surface area contributed by atoms with Crippen molar-refractivity contribution in [2.24, 2.45) is 10.7 Å². The van der Waals surface area contributed by atoms with Crippen molar-refractivity contribution in [2.45, 2.75) is 6.04 Å². The third kappa shape index (κ3) is 1.61. The zero-order valence-electron chi connectivity index (χ0n) is 7.80. The minimum atomic E-state index is -0.0339. The van der Waals surface area contributed by atoms with Crippen LogP contribution in [0.4, 0.5) is 0 Å². The van der Waals surface area contributed by atoms with Gasteiger partial charge in [-0.05, 0) is 11.6 Å². The lowest BCUT2D eigenvalue weighted by molar-refractivity contribution is 0.314. The minimum absolute atomic E-state index is 0.0339. The van der Waals surface area contributed by atoms with Gasteiger partial charge in [-0.1, -0.05) is 0 Å². The van der Waals surface area contributed by atoms with Crippen molar-refractivity contribution in [2.75, 3.05) is 13.7 Å². The van der Waals surface area contributed by atoms with Gasteiger partial charge < -0.3 is 15.2 Å². The highest BCUT2D eigenvalue weighted by Gasteiger charge is 2.18. The summed E-state index contributed by atoms with van der Waals surface area (Å²) in [5, 5.41) is 0. The zero-order valence-corrected chi connectivity index (χ0v) is 7.80. The van der Waals surface area contributed by atoms with E-state index in [0.29, 0.717) is 12.5 Å². The van der Waals surface area contributed by atoms with Crippen LogP contribution in [0.3, 0.4) is 0 Å². The summed E-state index contributed by atoms with van der Waals surface area (Å²) in [6.45, 7) is 0.486. The molecule has 2 N–H and O–H groups in total. The number of aliphatic imine (C=N–C) groups is 1. The van der Waals surface area contributed by atoms with Crippen molar-refractivity contribution < 1.29 is 9.47 Å². The molecule has 1 aliphatic heterocycles. The highest BCUT2D eigenvalue weighted by molar-refractivity contribution is 5.73. The number of ether oxygens (including phenoxy) is 2. The number of methoxy groups -OCH3 is 1. The fourth-order valence-electron chi connectivity index (χ4n) is 1.27. The van der Waals surface area contributed by atoms with Crippen LogP contribution >= 0.6 is 0 Å². The molecule has 2 heterocycles. The summed E-state index contributed by atoms with van der Waals surface area (Å²) in [7, 11) is 1.58. The molecule has 0 amide bonds. The van der Waals surface area contributed by atoms with Crippen LogP contribution in [-0.2, 0) is 4.74 Å². The monoisotopic (exact) mass is 193 g/mol. The number of rotatable bonds is 2. The van der Waals surface area contributed by atoms with E-state index in [1.54, 1.807) is 19.4 Å². The number of nitrogens with zero attached hydrogens (tertiary/aromatic N) is 2. The fraction of sp³-hybridized carbons (Fsp3) is 0.333. The second-order valence-electron chi connectivity index (χ2n) is 2.93. The average molecular weight is 193 g/mol. The van der Waals surface area contributed by atoms with Gasteiger partial charge in [0.05, 0.1) is 7.11 Å². The number of pyridine rings is 1. The Morgan fingerprint density at radius 2 is 2.43 bits per heavy atom. The lowest BCUT2D eigenvalue weighted by Gasteiger charge is -2.05. The maximum absolute atomic E-state index is 5.40. The van der Waals surface area contributed by atoms with Crippen molar-refractivity contribution in [1.29, 1.82) is 0 Å². The summed E-state index contributed by atoms with van der Waals surface area (Å²) < 4.78 is 10.00. The Labute approximate surface area is 81.6 Å². The van der Waals surface area contributed by atoms with E-state index in [0.717, 1.165) is 5.56 Å². The first-order chi connectivity index (χ1) is 6.79. The summed E-state index contributed by atoms with van der Waals surface area (Å²) in [6.07, 6.45) is 1.72. The molecule has 5 heteroatoms. The van der Waals surface area contributed by atoms with Gasteiger partial charge in [-0.3, -0.25) is 0 Å². The molecule has 1 unspecified atom stereocenters. The molecule has 0 fully saturated rings. The maximum Gasteiger partial charge on any atom is 0.282 e. The van der Waals surface area contributed by atoms with Gasteiger partial charge in [0.2, 0.25) is 5.88 Å². The average Bonchev–Trinajstić information content (AvgIpc) is 2.65. The van der Waals surface area contributed by atoms with Gasteiger partial charge in [0.15, 0.2) is 0 Å². The van der Waals surface area contributed by atoms with E-state index in [9.17, 15) is 0 Å². The van der Waals surface area contributed by atoms with Gasteiger partial charge in [-0.15, -0.1) is 0 Å². The molecule has 0 saturated carbocycles. The second kappa shape index (κ2) is 3.53. The van der Waals surface area contributed by atoms with Crippen molar-refractivity contribution in [3.05, 3.63) is 23.9 Å². The predicted octanol–water partition coefficient (Wildman–Crippen LogP) is 0.476. The first-order valence-corrected chi connectivity index (χ1v) is 4.25. The predicted molar refractivity (Wildman–Crippen MR) is 51.1 cm³/mol. The first-order valence-electron chi connectivity index (χ1n) is 4.25. The molecule has 0 saturated heterocycles. The minimum Gasteiger partial charge on any atom is -0.481 e. The van der Waals surface area contributed by atoms with Crippen molar-refractivity contribution >= 4 is 6.02 Å². The Morgan fingerprint density at radius 3 is 2.93 bits per heavy atom. The van der Waals surface area contributed by atoms with Crippen LogP contribution in [0.25, 0.3) is 0 Å². The molecule has 74 valence electrons. The second-order valence-corrected chi connectivity index (χ2v) is 2.93. The molecule has 1 atom stereocenters. The Balaban J connectivity index is 2.17. The molecular formula is C9H11N3O2. The van der Waals surface area contributed by atoms with Crippen molar-refractivity contribution in [1.82, 2.24) is 4.98 Å². The van der Waals surface area contributed by atoms with E-state index in [2.05, 4.69) is 9.98 Å². The number of nitrogens with two attached hydrogens (primary N) is 1. The molecule has 0 spiro atoms. The van der Waals surface area contributed by atoms with Crippen LogP contribution < -0.4 is 10.5 Å². The molecular weight excluding hydrogens is 182 g/mol. The summed E-state index contributed by atoms with van der Waals surface area (Å²) in [5.74, 6) is 0.588. The van der Waals surface area contributed by atoms with Gasteiger partial charge in [-0.25, -0.2) is 9.98 Å². The molecule has 1 aliphatic rings. The van der Waals surface area contributed by atoms with Crippen molar-refractivity contribution in [3.63, 3.8) is 0 Å². The highest BCUT2D eigenvalue weighted by Crippen LogP contribution is 2.22. The summed E-state index contributed by atoms with van der Waals surface area (Å²) in [5.41, 5.74) is 6.38. The molecule has 0 bridgehead atoms. The SMILES string of the molecule is COc1ccc(C2COC(N)=N2)cn1. The van der Waals surface area contributed by atoms with Crippen LogP contribution in [0, 0.1) is 0 Å². The van der Waals surface area contributed by atoms with E-state index in [1.807, 2.05) is 6.07 Å². The van der Waals surface area contributed by atoms with Gasteiger partial charge >= 0.3 is 0 Å². The van der Waals surface area contributed by atoms with E-state index >= 15 is 0 Å². The van der Waals surface area contributed by atoms with Crippen LogP contribution in [0.15, 0.2) is 23.3 Å². The van der Waals surface area contributed by atoms with E-state index < -0.39 is 0 Å². The fourth-order valence-corrected chi connectivity index (χ4v) is 1.27. The Hall–Kier alpha value is -1.78. The normalized spacial score (nSPS) is 20.1. The molecule has 0 radical (unpaired) electrons. The number of amidine groups is 1. The lowest BCUT2D eigenvalue weighted by Crippen LogP contribution is -2.10. The summed E-state index contributed by atoms with van der Waals surface area (Å²) >= 11 is 0. The zero-order chi connectivity index (χ0) is 9.97. The standard InChI is InChI=1S/C9H11N3O2/c1-13-8-3-2-6(4-11-8)7-5-14-9(10)12-7/h2-4,7H,5H2,1H3,(H2,10,12). The highest BCUT2D eigenvalue weighted by atomic mass is 16.5. The van der Waals surface area contributed by atoms with Crippen LogP contribution in [-0.4, -0.2) is 24.7 Å². The summed E-state index contributed by atoms with van der Waals surface area (Å²) in [4.78, 5) is 8.18. The number of aromatic nitrogens is 1. The van der Waals surface area contributed by atoms with E-state index in [-0.39, 0.29) is 12.1 Å². The van der Waals surface area contributed by atoms with E-state index in [1.165, 1.54) is 0 Å². The third-order valence-electron chi connectivity index (χ3n) is 2.03. The smallest absolute Gasteiger partial charge is 0.282 e. The number of hydrogen-bond acceptors (Lipinski definition) is 5. The van der Waals surface area contributed by atoms with Gasteiger partial charge in [0.1, 0.15) is 12.6 Å². The Bertz CT molecular complexity index is 348. The Morgan fingerprint density at radius 1 is 1.57 bits per heavy atom. The van der Waals surface area contributed by atoms with Crippen LogP contribution in [0.2, 0.25) is 0 Å². The number of hydrogen-bond donors (Lipinski definition) is 1. The third-order valence-corrected chi connectivity index (χ3v) is 2.03. The molecule has 14 heavy (non-hydrogen) atoms. The molecule has 0 aliphatic carbocycles. The van der Waals surface area contributed by atoms with Gasteiger partial charge in [0, 0.05) is 12.3 Å². The van der Waals surface area contributed by atoms with E-state index in [4.69, 9.17) is 15.2 Å². The molecule has 0 aromatic carbocycles. The lowest BCUT2D eigenvalue weighted by atomic mass is 10.1. The molecule has 1 aromatic rings. The molecule has 1 aromatic heterocycles.